The number of carbonyl (C=O) groups excluding carboxylic acids is 1. The third-order valence-electron chi connectivity index (χ3n) is 2.89. The lowest BCUT2D eigenvalue weighted by Crippen LogP contribution is -2.32. The average molecular weight is 337 g/mol. The van der Waals surface area contributed by atoms with E-state index in [2.05, 4.69) is 21.2 Å². The van der Waals surface area contributed by atoms with Crippen LogP contribution in [0.4, 0.5) is 4.39 Å². The van der Waals surface area contributed by atoms with Gasteiger partial charge in [-0.1, -0.05) is 30.3 Å². The lowest BCUT2D eigenvalue weighted by molar-refractivity contribution is 0.0950. The van der Waals surface area contributed by atoms with Crippen LogP contribution in [0.3, 0.4) is 0 Å². The van der Waals surface area contributed by atoms with Crippen molar-refractivity contribution in [1.82, 2.24) is 5.32 Å². The van der Waals surface area contributed by atoms with Crippen molar-refractivity contribution in [2.24, 2.45) is 5.73 Å². The zero-order valence-corrected chi connectivity index (χ0v) is 12.2. The Labute approximate surface area is 125 Å². The van der Waals surface area contributed by atoms with E-state index in [-0.39, 0.29) is 11.9 Å². The average Bonchev–Trinajstić information content (AvgIpc) is 2.45. The van der Waals surface area contributed by atoms with Crippen molar-refractivity contribution < 1.29 is 9.18 Å². The van der Waals surface area contributed by atoms with E-state index in [1.165, 1.54) is 18.2 Å². The van der Waals surface area contributed by atoms with Crippen LogP contribution in [0, 0.1) is 5.82 Å². The molecule has 20 heavy (non-hydrogen) atoms. The largest absolute Gasteiger partial charge is 0.350 e. The third-order valence-corrected chi connectivity index (χ3v) is 3.54. The van der Waals surface area contributed by atoms with Crippen molar-refractivity contribution >= 4 is 21.8 Å². The fourth-order valence-corrected chi connectivity index (χ4v) is 2.32. The van der Waals surface area contributed by atoms with Gasteiger partial charge in [0, 0.05) is 17.1 Å². The number of hydrogen-bond acceptors (Lipinski definition) is 2. The lowest BCUT2D eigenvalue weighted by Gasteiger charge is -2.13. The van der Waals surface area contributed by atoms with E-state index in [0.717, 1.165) is 5.56 Å². The maximum atomic E-state index is 13.0. The Kier molecular flexibility index (Phi) is 4.87. The van der Waals surface area contributed by atoms with E-state index < -0.39 is 5.82 Å². The van der Waals surface area contributed by atoms with Gasteiger partial charge in [0.05, 0.1) is 5.56 Å². The molecule has 0 aliphatic carbocycles. The molecule has 0 saturated heterocycles. The lowest BCUT2D eigenvalue weighted by atomic mass is 10.1. The van der Waals surface area contributed by atoms with Gasteiger partial charge in [-0.3, -0.25) is 4.79 Å². The molecule has 1 amide bonds. The van der Waals surface area contributed by atoms with Crippen molar-refractivity contribution in [2.75, 3.05) is 6.54 Å². The molecule has 5 heteroatoms. The summed E-state index contributed by atoms with van der Waals surface area (Å²) in [5, 5.41) is 2.74. The van der Waals surface area contributed by atoms with Crippen molar-refractivity contribution in [3.63, 3.8) is 0 Å². The normalized spacial score (nSPS) is 11.9. The summed E-state index contributed by atoms with van der Waals surface area (Å²) in [6, 6.07) is 13.2. The molecule has 0 heterocycles. The number of carbonyl (C=O) groups is 1. The van der Waals surface area contributed by atoms with E-state index in [4.69, 9.17) is 5.73 Å². The van der Waals surface area contributed by atoms with Crippen LogP contribution in [0.5, 0.6) is 0 Å². The van der Waals surface area contributed by atoms with Gasteiger partial charge in [0.1, 0.15) is 5.82 Å². The Bertz CT molecular complexity index is 604. The highest BCUT2D eigenvalue weighted by atomic mass is 79.9. The predicted octanol–water partition coefficient (Wildman–Crippen LogP) is 3.02. The summed E-state index contributed by atoms with van der Waals surface area (Å²) in [6.07, 6.45) is 0. The second-order valence-electron chi connectivity index (χ2n) is 4.35. The highest BCUT2D eigenvalue weighted by Gasteiger charge is 2.12. The molecule has 0 saturated carbocycles. The molecule has 2 rings (SSSR count). The summed E-state index contributed by atoms with van der Waals surface area (Å²) >= 11 is 3.17. The van der Waals surface area contributed by atoms with E-state index in [9.17, 15) is 9.18 Å². The van der Waals surface area contributed by atoms with Gasteiger partial charge in [-0.15, -0.1) is 0 Å². The van der Waals surface area contributed by atoms with Crippen LogP contribution in [-0.4, -0.2) is 12.5 Å². The molecule has 0 fully saturated rings. The molecule has 3 nitrogen and oxygen atoms in total. The Morgan fingerprint density at radius 3 is 2.60 bits per heavy atom. The van der Waals surface area contributed by atoms with Gasteiger partial charge in [-0.05, 0) is 39.7 Å². The first-order chi connectivity index (χ1) is 9.58. The number of hydrogen-bond donors (Lipinski definition) is 2. The van der Waals surface area contributed by atoms with Crippen molar-refractivity contribution in [1.29, 1.82) is 0 Å². The topological polar surface area (TPSA) is 55.1 Å². The van der Waals surface area contributed by atoms with Gasteiger partial charge in [-0.2, -0.15) is 0 Å². The van der Waals surface area contributed by atoms with Crippen molar-refractivity contribution in [2.45, 2.75) is 6.04 Å². The van der Waals surface area contributed by atoms with Crippen molar-refractivity contribution in [3.05, 3.63) is 69.9 Å². The summed E-state index contributed by atoms with van der Waals surface area (Å²) in [5.74, 6) is -0.683. The molecule has 1 unspecified atom stereocenters. The molecule has 0 aliphatic rings. The van der Waals surface area contributed by atoms with Crippen LogP contribution < -0.4 is 11.1 Å². The molecule has 104 valence electrons. The van der Waals surface area contributed by atoms with Gasteiger partial charge >= 0.3 is 0 Å². The molecular weight excluding hydrogens is 323 g/mol. The smallest absolute Gasteiger partial charge is 0.252 e. The number of nitrogens with two attached hydrogens (primary N) is 1. The van der Waals surface area contributed by atoms with E-state index >= 15 is 0 Å². The van der Waals surface area contributed by atoms with Crippen LogP contribution in [0.1, 0.15) is 22.0 Å². The summed E-state index contributed by atoms with van der Waals surface area (Å²) in [6.45, 7) is 0.312. The van der Waals surface area contributed by atoms with Gasteiger partial charge in [0.25, 0.3) is 5.91 Å². The number of rotatable bonds is 4. The zero-order valence-electron chi connectivity index (χ0n) is 10.6. The van der Waals surface area contributed by atoms with Gasteiger partial charge < -0.3 is 11.1 Å². The fraction of sp³-hybridized carbons (Fsp3) is 0.133. The highest BCUT2D eigenvalue weighted by Crippen LogP contribution is 2.18. The molecule has 0 aliphatic heterocycles. The maximum absolute atomic E-state index is 13.0. The molecule has 2 aromatic carbocycles. The van der Waals surface area contributed by atoms with Crippen LogP contribution in [0.2, 0.25) is 0 Å². The molecule has 0 aromatic heterocycles. The van der Waals surface area contributed by atoms with Gasteiger partial charge in [0.15, 0.2) is 0 Å². The first-order valence-corrected chi connectivity index (χ1v) is 6.91. The van der Waals surface area contributed by atoms with E-state index in [0.29, 0.717) is 16.6 Å². The maximum Gasteiger partial charge on any atom is 0.252 e. The van der Waals surface area contributed by atoms with Crippen LogP contribution in [-0.2, 0) is 0 Å². The van der Waals surface area contributed by atoms with Crippen molar-refractivity contribution in [3.8, 4) is 0 Å². The minimum Gasteiger partial charge on any atom is -0.350 e. The zero-order chi connectivity index (χ0) is 14.5. The predicted molar refractivity (Wildman–Crippen MR) is 79.8 cm³/mol. The highest BCUT2D eigenvalue weighted by molar-refractivity contribution is 9.10. The molecule has 3 N–H and O–H groups in total. The molecule has 2 aromatic rings. The first-order valence-electron chi connectivity index (χ1n) is 6.11. The van der Waals surface area contributed by atoms with Crippen LogP contribution in [0.25, 0.3) is 0 Å². The monoisotopic (exact) mass is 336 g/mol. The number of halogens is 2. The number of nitrogens with one attached hydrogen (secondary N) is 1. The molecule has 0 bridgehead atoms. The molecule has 1 atom stereocenters. The Morgan fingerprint density at radius 2 is 1.95 bits per heavy atom. The quantitative estimate of drug-likeness (QED) is 0.901. The summed E-state index contributed by atoms with van der Waals surface area (Å²) in [4.78, 5) is 12.0. The summed E-state index contributed by atoms with van der Waals surface area (Å²) in [5.41, 5.74) is 7.33. The summed E-state index contributed by atoms with van der Waals surface area (Å²) in [7, 11) is 0. The second-order valence-corrected chi connectivity index (χ2v) is 5.21. The number of benzene rings is 2. The minimum atomic E-state index is -0.394. The van der Waals surface area contributed by atoms with E-state index in [1.807, 2.05) is 30.3 Å². The van der Waals surface area contributed by atoms with Crippen LogP contribution >= 0.6 is 15.9 Å². The second kappa shape index (κ2) is 6.63. The molecular formula is C15H14BrFN2O. The number of amides is 1. The summed E-state index contributed by atoms with van der Waals surface area (Å²) < 4.78 is 13.4. The SMILES string of the molecule is NC(CNC(=O)c1ccc(F)cc1Br)c1ccccc1. The molecule has 0 radical (unpaired) electrons. The Morgan fingerprint density at radius 1 is 1.25 bits per heavy atom. The Balaban J connectivity index is 1.99. The standard InChI is InChI=1S/C15H14BrFN2O/c16-13-8-11(17)6-7-12(13)15(20)19-9-14(18)10-4-2-1-3-5-10/h1-8,14H,9,18H2,(H,19,20). The minimum absolute atomic E-state index is 0.278. The first kappa shape index (κ1) is 14.7. The van der Waals surface area contributed by atoms with E-state index in [1.54, 1.807) is 0 Å². The third kappa shape index (κ3) is 3.65. The fourth-order valence-electron chi connectivity index (χ4n) is 1.79. The van der Waals surface area contributed by atoms with Crippen LogP contribution in [0.15, 0.2) is 53.0 Å². The van der Waals surface area contributed by atoms with Gasteiger partial charge in [-0.25, -0.2) is 4.39 Å². The Hall–Kier alpha value is -1.72. The molecule has 0 spiro atoms. The van der Waals surface area contributed by atoms with Gasteiger partial charge in [0.2, 0.25) is 0 Å².